The van der Waals surface area contributed by atoms with Crippen LogP contribution in [0.2, 0.25) is 0 Å². The first kappa shape index (κ1) is 20.7. The van der Waals surface area contributed by atoms with Crippen LogP contribution in [0.3, 0.4) is 0 Å². The zero-order chi connectivity index (χ0) is 21.1. The monoisotopic (exact) mass is 432 g/mol. The Morgan fingerprint density at radius 1 is 1.03 bits per heavy atom. The lowest BCUT2D eigenvalue weighted by atomic mass is 9.97. The van der Waals surface area contributed by atoms with Crippen LogP contribution in [0.1, 0.15) is 12.8 Å². The molecule has 0 saturated carbocycles. The Labute approximate surface area is 176 Å². The SMILES string of the molecule is O=C(C1CCCN(S(=O)(=O)c2cccnc2)C1)N1CCN(c2ccccc2F)CC1. The van der Waals surface area contributed by atoms with E-state index in [4.69, 9.17) is 0 Å². The fraction of sp³-hybridized carbons (Fsp3) is 0.429. The van der Waals surface area contributed by atoms with E-state index in [1.807, 2.05) is 4.90 Å². The number of benzene rings is 1. The first-order valence-electron chi connectivity index (χ1n) is 10.2. The van der Waals surface area contributed by atoms with Gasteiger partial charge < -0.3 is 9.80 Å². The highest BCUT2D eigenvalue weighted by molar-refractivity contribution is 7.89. The molecule has 7 nitrogen and oxygen atoms in total. The van der Waals surface area contributed by atoms with Crippen LogP contribution in [0.4, 0.5) is 10.1 Å². The van der Waals surface area contributed by atoms with E-state index in [9.17, 15) is 17.6 Å². The topological polar surface area (TPSA) is 73.8 Å². The third-order valence-corrected chi connectivity index (χ3v) is 7.64. The van der Waals surface area contributed by atoms with Gasteiger partial charge in [-0.25, -0.2) is 12.8 Å². The summed E-state index contributed by atoms with van der Waals surface area (Å²) in [6.07, 6.45) is 4.18. The Balaban J connectivity index is 1.39. The van der Waals surface area contributed by atoms with Crippen molar-refractivity contribution in [2.45, 2.75) is 17.7 Å². The lowest BCUT2D eigenvalue weighted by molar-refractivity contribution is -0.137. The third kappa shape index (κ3) is 4.17. The number of piperidine rings is 1. The Morgan fingerprint density at radius 3 is 2.50 bits per heavy atom. The van der Waals surface area contributed by atoms with Gasteiger partial charge in [0.25, 0.3) is 0 Å². The van der Waals surface area contributed by atoms with Gasteiger partial charge in [0.05, 0.1) is 11.6 Å². The number of nitrogens with zero attached hydrogens (tertiary/aromatic N) is 4. The normalized spacial score (nSPS) is 20.9. The van der Waals surface area contributed by atoms with Gasteiger partial charge in [-0.2, -0.15) is 4.31 Å². The molecule has 0 bridgehead atoms. The standard InChI is InChI=1S/C21H25FN4O3S/c22-19-7-1-2-8-20(19)24-11-13-25(14-12-24)21(27)17-5-4-10-26(16-17)30(28,29)18-6-3-9-23-15-18/h1-3,6-9,15,17H,4-5,10-14,16H2. The number of anilines is 1. The summed E-state index contributed by atoms with van der Waals surface area (Å²) in [6.45, 7) is 2.69. The largest absolute Gasteiger partial charge is 0.366 e. The minimum absolute atomic E-state index is 0.0192. The minimum Gasteiger partial charge on any atom is -0.366 e. The molecule has 2 fully saturated rings. The highest BCUT2D eigenvalue weighted by Crippen LogP contribution is 2.26. The molecular weight excluding hydrogens is 407 g/mol. The molecule has 9 heteroatoms. The molecule has 160 valence electrons. The van der Waals surface area contributed by atoms with Crippen molar-refractivity contribution in [2.24, 2.45) is 5.92 Å². The van der Waals surface area contributed by atoms with Crippen LogP contribution >= 0.6 is 0 Å². The summed E-state index contributed by atoms with van der Waals surface area (Å²) in [6, 6.07) is 9.76. The average molecular weight is 433 g/mol. The van der Waals surface area contributed by atoms with Gasteiger partial charge in [0, 0.05) is 51.7 Å². The number of carbonyl (C=O) groups excluding carboxylic acids is 1. The summed E-state index contributed by atoms with van der Waals surface area (Å²) >= 11 is 0. The second kappa shape index (κ2) is 8.69. The first-order valence-corrected chi connectivity index (χ1v) is 11.6. The van der Waals surface area contributed by atoms with Gasteiger partial charge in [-0.1, -0.05) is 12.1 Å². The molecule has 1 amide bonds. The number of pyridine rings is 1. The maximum Gasteiger partial charge on any atom is 0.244 e. The van der Waals surface area contributed by atoms with Crippen LogP contribution in [-0.4, -0.2) is 67.8 Å². The maximum absolute atomic E-state index is 14.0. The number of aromatic nitrogens is 1. The van der Waals surface area contributed by atoms with Gasteiger partial charge in [0.1, 0.15) is 10.7 Å². The summed E-state index contributed by atoms with van der Waals surface area (Å²) in [5.74, 6) is -0.639. The summed E-state index contributed by atoms with van der Waals surface area (Å²) in [7, 11) is -3.66. The van der Waals surface area contributed by atoms with Gasteiger partial charge in [0.15, 0.2) is 0 Å². The number of para-hydroxylation sites is 1. The summed E-state index contributed by atoms with van der Waals surface area (Å²) < 4.78 is 41.2. The summed E-state index contributed by atoms with van der Waals surface area (Å²) in [5.41, 5.74) is 0.552. The molecule has 1 aromatic heterocycles. The average Bonchev–Trinajstić information content (AvgIpc) is 2.80. The number of hydrogen-bond acceptors (Lipinski definition) is 5. The number of sulfonamides is 1. The van der Waals surface area contributed by atoms with E-state index >= 15 is 0 Å². The van der Waals surface area contributed by atoms with E-state index < -0.39 is 10.0 Å². The second-order valence-electron chi connectivity index (χ2n) is 7.65. The van der Waals surface area contributed by atoms with Crippen LogP contribution in [0, 0.1) is 11.7 Å². The van der Waals surface area contributed by atoms with Crippen molar-refractivity contribution in [1.82, 2.24) is 14.2 Å². The Kier molecular flexibility index (Phi) is 6.01. The zero-order valence-electron chi connectivity index (χ0n) is 16.7. The molecule has 3 heterocycles. The predicted molar refractivity (Wildman–Crippen MR) is 111 cm³/mol. The molecular formula is C21H25FN4O3S. The quantitative estimate of drug-likeness (QED) is 0.739. The molecule has 4 rings (SSSR count). The third-order valence-electron chi connectivity index (χ3n) is 5.79. The molecule has 0 spiro atoms. The van der Waals surface area contributed by atoms with E-state index in [0.29, 0.717) is 51.3 Å². The molecule has 1 unspecified atom stereocenters. The minimum atomic E-state index is -3.66. The molecule has 30 heavy (non-hydrogen) atoms. The first-order chi connectivity index (χ1) is 14.5. The molecule has 1 aromatic carbocycles. The lowest BCUT2D eigenvalue weighted by Gasteiger charge is -2.39. The molecule has 0 radical (unpaired) electrons. The number of carbonyl (C=O) groups is 1. The van der Waals surface area contributed by atoms with Crippen molar-refractivity contribution in [3.8, 4) is 0 Å². The van der Waals surface area contributed by atoms with E-state index in [-0.39, 0.29) is 29.1 Å². The van der Waals surface area contributed by atoms with Crippen LogP contribution in [0.15, 0.2) is 53.7 Å². The van der Waals surface area contributed by atoms with Crippen molar-refractivity contribution >= 4 is 21.6 Å². The van der Waals surface area contributed by atoms with Crippen molar-refractivity contribution < 1.29 is 17.6 Å². The van der Waals surface area contributed by atoms with Crippen LogP contribution in [0.5, 0.6) is 0 Å². The predicted octanol–water partition coefficient (Wildman–Crippen LogP) is 1.97. The number of halogens is 1. The highest BCUT2D eigenvalue weighted by Gasteiger charge is 2.36. The molecule has 2 aliphatic heterocycles. The van der Waals surface area contributed by atoms with E-state index in [0.717, 1.165) is 0 Å². The van der Waals surface area contributed by atoms with Crippen molar-refractivity contribution in [2.75, 3.05) is 44.2 Å². The zero-order valence-corrected chi connectivity index (χ0v) is 17.5. The molecule has 0 N–H and O–H groups in total. The molecule has 2 saturated heterocycles. The molecule has 2 aromatic rings. The summed E-state index contributed by atoms with van der Waals surface area (Å²) in [5, 5.41) is 0. The fourth-order valence-corrected chi connectivity index (χ4v) is 5.63. The van der Waals surface area contributed by atoms with Crippen molar-refractivity contribution in [3.63, 3.8) is 0 Å². The second-order valence-corrected chi connectivity index (χ2v) is 9.59. The fourth-order valence-electron chi connectivity index (χ4n) is 4.15. The van der Waals surface area contributed by atoms with Crippen LogP contribution in [0.25, 0.3) is 0 Å². The number of piperazine rings is 1. The van der Waals surface area contributed by atoms with E-state index in [1.165, 1.54) is 28.8 Å². The van der Waals surface area contributed by atoms with E-state index in [2.05, 4.69) is 4.98 Å². The van der Waals surface area contributed by atoms with Gasteiger partial charge in [-0.15, -0.1) is 0 Å². The Morgan fingerprint density at radius 2 is 1.80 bits per heavy atom. The van der Waals surface area contributed by atoms with Crippen LogP contribution in [-0.2, 0) is 14.8 Å². The smallest absolute Gasteiger partial charge is 0.244 e. The van der Waals surface area contributed by atoms with Gasteiger partial charge in [-0.05, 0) is 37.1 Å². The molecule has 2 aliphatic rings. The maximum atomic E-state index is 14.0. The molecule has 0 aliphatic carbocycles. The number of rotatable bonds is 4. The van der Waals surface area contributed by atoms with Gasteiger partial charge in [-0.3, -0.25) is 9.78 Å². The Bertz CT molecular complexity index is 994. The summed E-state index contributed by atoms with van der Waals surface area (Å²) in [4.78, 5) is 20.8. The van der Waals surface area contributed by atoms with Gasteiger partial charge >= 0.3 is 0 Å². The van der Waals surface area contributed by atoms with Crippen molar-refractivity contribution in [3.05, 3.63) is 54.6 Å². The Hall–Kier alpha value is -2.52. The van der Waals surface area contributed by atoms with E-state index in [1.54, 1.807) is 29.2 Å². The lowest BCUT2D eigenvalue weighted by Crippen LogP contribution is -2.53. The van der Waals surface area contributed by atoms with Gasteiger partial charge in [0.2, 0.25) is 15.9 Å². The number of amides is 1. The van der Waals surface area contributed by atoms with Crippen LogP contribution < -0.4 is 4.90 Å². The molecule has 1 atom stereocenters. The number of hydrogen-bond donors (Lipinski definition) is 0. The highest BCUT2D eigenvalue weighted by atomic mass is 32.2. The van der Waals surface area contributed by atoms with Crippen molar-refractivity contribution in [1.29, 1.82) is 0 Å².